The van der Waals surface area contributed by atoms with Crippen molar-refractivity contribution in [2.75, 3.05) is 6.54 Å². The molecule has 27 heavy (non-hydrogen) atoms. The number of nitrogens with zero attached hydrogens (tertiary/aromatic N) is 1. The van der Waals surface area contributed by atoms with Gasteiger partial charge >= 0.3 is 0 Å². The lowest BCUT2D eigenvalue weighted by atomic mass is 10.0. The van der Waals surface area contributed by atoms with Crippen molar-refractivity contribution in [1.29, 1.82) is 0 Å². The molecule has 0 aliphatic carbocycles. The van der Waals surface area contributed by atoms with Crippen LogP contribution in [0.5, 0.6) is 0 Å². The van der Waals surface area contributed by atoms with Crippen molar-refractivity contribution >= 4 is 27.7 Å². The van der Waals surface area contributed by atoms with Crippen LogP contribution in [0, 0.1) is 0 Å². The van der Waals surface area contributed by atoms with Crippen LogP contribution in [-0.4, -0.2) is 22.4 Å². The number of H-pyrrole nitrogens is 1. The van der Waals surface area contributed by atoms with Gasteiger partial charge in [0.15, 0.2) is 0 Å². The third kappa shape index (κ3) is 3.70. The normalized spacial score (nSPS) is 11.1. The number of rotatable bonds is 6. The summed E-state index contributed by atoms with van der Waals surface area (Å²) in [6, 6.07) is 20.3. The summed E-state index contributed by atoms with van der Waals surface area (Å²) in [5.74, 6) is 0.921. The summed E-state index contributed by atoms with van der Waals surface area (Å²) in [4.78, 5) is 20.4. The first kappa shape index (κ1) is 17.3. The third-order valence-corrected chi connectivity index (χ3v) is 4.84. The van der Waals surface area contributed by atoms with Crippen molar-refractivity contribution in [3.8, 4) is 0 Å². The van der Waals surface area contributed by atoms with Crippen molar-refractivity contribution in [2.45, 2.75) is 26.2 Å². The Hall–Kier alpha value is -3.14. The van der Waals surface area contributed by atoms with Gasteiger partial charge in [-0.3, -0.25) is 4.79 Å². The van der Waals surface area contributed by atoms with Gasteiger partial charge in [0.1, 0.15) is 5.82 Å². The molecule has 0 atom stereocenters. The van der Waals surface area contributed by atoms with Crippen LogP contribution >= 0.6 is 0 Å². The molecule has 4 nitrogen and oxygen atoms in total. The Kier molecular flexibility index (Phi) is 4.88. The molecule has 3 aromatic carbocycles. The van der Waals surface area contributed by atoms with Crippen molar-refractivity contribution in [3.63, 3.8) is 0 Å². The zero-order valence-corrected chi connectivity index (χ0v) is 15.5. The number of aryl methyl sites for hydroxylation is 1. The summed E-state index contributed by atoms with van der Waals surface area (Å²) in [7, 11) is 0. The molecule has 1 heterocycles. The number of fused-ring (bicyclic) bond motifs is 2. The molecule has 4 rings (SSSR count). The molecule has 0 unspecified atom stereocenters. The average Bonchev–Trinajstić information content (AvgIpc) is 3.10. The molecular weight excluding hydrogens is 334 g/mol. The van der Waals surface area contributed by atoms with Crippen LogP contribution in [0.3, 0.4) is 0 Å². The third-order valence-electron chi connectivity index (χ3n) is 4.84. The van der Waals surface area contributed by atoms with Crippen LogP contribution in [0.4, 0.5) is 0 Å². The predicted molar refractivity (Wildman–Crippen MR) is 110 cm³/mol. The zero-order valence-electron chi connectivity index (χ0n) is 15.5. The molecule has 1 aromatic heterocycles. The Morgan fingerprint density at radius 2 is 1.89 bits per heavy atom. The quantitative estimate of drug-likeness (QED) is 0.528. The molecule has 0 spiro atoms. The van der Waals surface area contributed by atoms with Crippen LogP contribution in [-0.2, 0) is 12.8 Å². The van der Waals surface area contributed by atoms with Gasteiger partial charge in [-0.2, -0.15) is 0 Å². The molecule has 4 heteroatoms. The fourth-order valence-corrected chi connectivity index (χ4v) is 3.48. The Labute approximate surface area is 158 Å². The molecular formula is C23H23N3O. The molecule has 0 aliphatic heterocycles. The molecule has 4 aromatic rings. The lowest BCUT2D eigenvalue weighted by Gasteiger charge is -2.08. The molecule has 0 saturated heterocycles. The predicted octanol–water partition coefficient (Wildman–Crippen LogP) is 4.64. The van der Waals surface area contributed by atoms with E-state index < -0.39 is 0 Å². The maximum absolute atomic E-state index is 12.5. The van der Waals surface area contributed by atoms with Crippen LogP contribution in [0.1, 0.15) is 35.1 Å². The molecule has 0 bridgehead atoms. The maximum Gasteiger partial charge on any atom is 0.251 e. The maximum atomic E-state index is 12.5. The highest BCUT2D eigenvalue weighted by molar-refractivity contribution is 5.97. The minimum absolute atomic E-state index is 0.0521. The highest BCUT2D eigenvalue weighted by Gasteiger charge is 2.09. The van der Waals surface area contributed by atoms with Crippen molar-refractivity contribution < 1.29 is 4.79 Å². The molecule has 0 aliphatic rings. The van der Waals surface area contributed by atoms with Gasteiger partial charge < -0.3 is 10.3 Å². The van der Waals surface area contributed by atoms with E-state index in [1.807, 2.05) is 24.3 Å². The number of benzene rings is 3. The van der Waals surface area contributed by atoms with Crippen LogP contribution in [0.2, 0.25) is 0 Å². The fourth-order valence-electron chi connectivity index (χ4n) is 3.48. The van der Waals surface area contributed by atoms with Crippen molar-refractivity contribution in [2.24, 2.45) is 0 Å². The Balaban J connectivity index is 1.43. The lowest BCUT2D eigenvalue weighted by molar-refractivity contribution is 0.0954. The van der Waals surface area contributed by atoms with Crippen molar-refractivity contribution in [1.82, 2.24) is 15.3 Å². The molecule has 136 valence electrons. The van der Waals surface area contributed by atoms with Crippen LogP contribution in [0.15, 0.2) is 60.7 Å². The number of imidazole rings is 1. The first-order valence-corrected chi connectivity index (χ1v) is 9.48. The number of hydrogen-bond acceptors (Lipinski definition) is 2. The Morgan fingerprint density at radius 1 is 1.04 bits per heavy atom. The van der Waals surface area contributed by atoms with Gasteiger partial charge in [-0.25, -0.2) is 4.98 Å². The zero-order chi connectivity index (χ0) is 18.6. The number of carbonyl (C=O) groups is 1. The number of carbonyl (C=O) groups excluding carboxylic acids is 1. The summed E-state index contributed by atoms with van der Waals surface area (Å²) in [6.07, 6.45) is 2.77. The SMILES string of the molecule is CCCc1nc2ccc(C(=O)NCCc3cccc4ccccc34)cc2[nH]1. The molecule has 0 saturated carbocycles. The smallest absolute Gasteiger partial charge is 0.251 e. The monoisotopic (exact) mass is 357 g/mol. The van der Waals surface area contributed by atoms with Gasteiger partial charge in [0.05, 0.1) is 11.0 Å². The number of aromatic amines is 1. The van der Waals surface area contributed by atoms with E-state index >= 15 is 0 Å². The highest BCUT2D eigenvalue weighted by Crippen LogP contribution is 2.19. The fraction of sp³-hybridized carbons (Fsp3) is 0.217. The van der Waals surface area contributed by atoms with Crippen LogP contribution in [0.25, 0.3) is 21.8 Å². The number of amides is 1. The Morgan fingerprint density at radius 3 is 2.78 bits per heavy atom. The minimum atomic E-state index is -0.0521. The number of nitrogens with one attached hydrogen (secondary N) is 2. The van der Waals surface area contributed by atoms with Crippen molar-refractivity contribution in [3.05, 3.63) is 77.6 Å². The summed E-state index contributed by atoms with van der Waals surface area (Å²) in [5.41, 5.74) is 3.74. The van der Waals surface area contributed by atoms with Gasteiger partial charge in [-0.05, 0) is 47.4 Å². The standard InChI is InChI=1S/C23H23N3O/c1-2-6-22-25-20-12-11-18(15-21(20)26-22)23(27)24-14-13-17-9-5-8-16-7-3-4-10-19(16)17/h3-5,7-12,15H,2,6,13-14H2,1H3,(H,24,27)(H,25,26). The topological polar surface area (TPSA) is 57.8 Å². The first-order chi connectivity index (χ1) is 13.2. The van der Waals surface area contributed by atoms with E-state index in [9.17, 15) is 4.79 Å². The molecule has 0 radical (unpaired) electrons. The van der Waals surface area contributed by atoms with E-state index in [1.165, 1.54) is 16.3 Å². The van der Waals surface area contributed by atoms with Gasteiger partial charge in [0, 0.05) is 18.5 Å². The molecule has 1 amide bonds. The Bertz CT molecular complexity index is 1090. The van der Waals surface area contributed by atoms with Gasteiger partial charge in [-0.15, -0.1) is 0 Å². The number of aromatic nitrogens is 2. The van der Waals surface area contributed by atoms with Gasteiger partial charge in [-0.1, -0.05) is 49.4 Å². The average molecular weight is 357 g/mol. The molecule has 0 fully saturated rings. The second-order valence-electron chi connectivity index (χ2n) is 6.81. The van der Waals surface area contributed by atoms with E-state index in [1.54, 1.807) is 0 Å². The van der Waals surface area contributed by atoms with E-state index in [-0.39, 0.29) is 5.91 Å². The minimum Gasteiger partial charge on any atom is -0.352 e. The highest BCUT2D eigenvalue weighted by atomic mass is 16.1. The summed E-state index contributed by atoms with van der Waals surface area (Å²) in [6.45, 7) is 2.73. The van der Waals surface area contributed by atoms with Crippen LogP contribution < -0.4 is 5.32 Å². The summed E-state index contributed by atoms with van der Waals surface area (Å²) < 4.78 is 0. The van der Waals surface area contributed by atoms with Gasteiger partial charge in [0.2, 0.25) is 0 Å². The largest absolute Gasteiger partial charge is 0.352 e. The van der Waals surface area contributed by atoms with Gasteiger partial charge in [0.25, 0.3) is 5.91 Å². The first-order valence-electron chi connectivity index (χ1n) is 9.48. The summed E-state index contributed by atoms with van der Waals surface area (Å²) >= 11 is 0. The van der Waals surface area contributed by atoms with E-state index in [0.29, 0.717) is 12.1 Å². The lowest BCUT2D eigenvalue weighted by Crippen LogP contribution is -2.25. The molecule has 2 N–H and O–H groups in total. The van der Waals surface area contributed by atoms with E-state index in [2.05, 4.69) is 58.6 Å². The second kappa shape index (κ2) is 7.62. The van der Waals surface area contributed by atoms with E-state index in [4.69, 9.17) is 0 Å². The number of hydrogen-bond donors (Lipinski definition) is 2. The summed E-state index contributed by atoms with van der Waals surface area (Å²) in [5, 5.41) is 5.51. The van der Waals surface area contributed by atoms with E-state index in [0.717, 1.165) is 36.1 Å². The second-order valence-corrected chi connectivity index (χ2v) is 6.81.